The second-order valence-corrected chi connectivity index (χ2v) is 5.43. The van der Waals surface area contributed by atoms with Crippen LogP contribution in [0.1, 0.15) is 36.1 Å². The number of nitrogens with one attached hydrogen (secondary N) is 1. The van der Waals surface area contributed by atoms with Gasteiger partial charge in [0.1, 0.15) is 18.2 Å². The van der Waals surface area contributed by atoms with Gasteiger partial charge in [-0.05, 0) is 60.3 Å². The van der Waals surface area contributed by atoms with E-state index in [-0.39, 0.29) is 5.82 Å². The predicted molar refractivity (Wildman–Crippen MR) is 81.9 cm³/mol. The number of halogens is 1. The van der Waals surface area contributed by atoms with Crippen molar-refractivity contribution in [2.75, 3.05) is 6.54 Å². The Morgan fingerprint density at radius 1 is 1.24 bits per heavy atom. The van der Waals surface area contributed by atoms with Gasteiger partial charge in [-0.1, -0.05) is 25.1 Å². The van der Waals surface area contributed by atoms with Crippen molar-refractivity contribution in [3.63, 3.8) is 0 Å². The maximum atomic E-state index is 13.1. The molecule has 1 atom stereocenters. The number of benzene rings is 2. The van der Waals surface area contributed by atoms with Gasteiger partial charge in [0.15, 0.2) is 0 Å². The lowest BCUT2D eigenvalue weighted by atomic mass is 10.1. The predicted octanol–water partition coefficient (Wildman–Crippen LogP) is 4.00. The van der Waals surface area contributed by atoms with Gasteiger partial charge in [0.05, 0.1) is 0 Å². The minimum atomic E-state index is -0.224. The van der Waals surface area contributed by atoms with E-state index in [1.54, 1.807) is 6.07 Å². The molecule has 2 nitrogen and oxygen atoms in total. The van der Waals surface area contributed by atoms with E-state index in [2.05, 4.69) is 24.4 Å². The highest BCUT2D eigenvalue weighted by Crippen LogP contribution is 2.33. The summed E-state index contributed by atoms with van der Waals surface area (Å²) in [6.07, 6.45) is 2.24. The third kappa shape index (κ3) is 3.24. The van der Waals surface area contributed by atoms with Crippen LogP contribution in [0.15, 0.2) is 42.5 Å². The van der Waals surface area contributed by atoms with Crippen molar-refractivity contribution in [1.82, 2.24) is 5.32 Å². The first-order valence-electron chi connectivity index (χ1n) is 7.49. The normalized spacial score (nSPS) is 16.8. The van der Waals surface area contributed by atoms with Crippen LogP contribution in [0.4, 0.5) is 4.39 Å². The van der Waals surface area contributed by atoms with Crippen LogP contribution in [0.25, 0.3) is 0 Å². The van der Waals surface area contributed by atoms with Gasteiger partial charge in [0.2, 0.25) is 0 Å². The summed E-state index contributed by atoms with van der Waals surface area (Å²) < 4.78 is 18.9. The number of ether oxygens (including phenoxy) is 1. The second kappa shape index (κ2) is 6.27. The van der Waals surface area contributed by atoms with Crippen LogP contribution < -0.4 is 10.1 Å². The van der Waals surface area contributed by atoms with Crippen molar-refractivity contribution in [2.24, 2.45) is 0 Å². The summed E-state index contributed by atoms with van der Waals surface area (Å²) >= 11 is 0. The van der Waals surface area contributed by atoms with Crippen molar-refractivity contribution in [1.29, 1.82) is 0 Å². The molecule has 1 unspecified atom stereocenters. The maximum absolute atomic E-state index is 13.1. The molecule has 1 aliphatic rings. The lowest BCUT2D eigenvalue weighted by Crippen LogP contribution is -2.18. The van der Waals surface area contributed by atoms with Crippen molar-refractivity contribution < 1.29 is 9.13 Å². The molecule has 0 saturated heterocycles. The molecule has 1 aliphatic carbocycles. The smallest absolute Gasteiger partial charge is 0.123 e. The Hall–Kier alpha value is -1.87. The molecule has 0 saturated carbocycles. The number of hydrogen-bond donors (Lipinski definition) is 1. The molecule has 0 bridgehead atoms. The molecule has 0 fully saturated rings. The number of aryl methyl sites for hydroxylation is 1. The van der Waals surface area contributed by atoms with E-state index in [9.17, 15) is 4.39 Å². The summed E-state index contributed by atoms with van der Waals surface area (Å²) in [5.41, 5.74) is 3.59. The topological polar surface area (TPSA) is 21.3 Å². The van der Waals surface area contributed by atoms with E-state index in [0.29, 0.717) is 12.6 Å². The minimum Gasteiger partial charge on any atom is -0.489 e. The molecule has 3 rings (SSSR count). The van der Waals surface area contributed by atoms with E-state index in [1.165, 1.54) is 23.3 Å². The Morgan fingerprint density at radius 2 is 2.14 bits per heavy atom. The van der Waals surface area contributed by atoms with Crippen LogP contribution in [0.5, 0.6) is 5.75 Å². The molecule has 0 heterocycles. The molecule has 0 aromatic heterocycles. The summed E-state index contributed by atoms with van der Waals surface area (Å²) in [4.78, 5) is 0. The van der Waals surface area contributed by atoms with Crippen molar-refractivity contribution in [2.45, 2.75) is 32.4 Å². The van der Waals surface area contributed by atoms with Crippen LogP contribution >= 0.6 is 0 Å². The third-order valence-corrected chi connectivity index (χ3v) is 3.94. The first-order valence-corrected chi connectivity index (χ1v) is 7.49. The summed E-state index contributed by atoms with van der Waals surface area (Å²) in [6.45, 7) is 3.52. The van der Waals surface area contributed by atoms with Crippen molar-refractivity contribution in [3.8, 4) is 5.75 Å². The van der Waals surface area contributed by atoms with Crippen LogP contribution in [-0.4, -0.2) is 6.54 Å². The molecule has 110 valence electrons. The number of hydrogen-bond acceptors (Lipinski definition) is 2. The minimum absolute atomic E-state index is 0.224. The number of rotatable bonds is 5. The Balaban J connectivity index is 1.68. The highest BCUT2D eigenvalue weighted by Gasteiger charge is 2.21. The lowest BCUT2D eigenvalue weighted by molar-refractivity contribution is 0.305. The average molecular weight is 285 g/mol. The summed E-state index contributed by atoms with van der Waals surface area (Å²) in [7, 11) is 0. The van der Waals surface area contributed by atoms with Gasteiger partial charge < -0.3 is 10.1 Å². The largest absolute Gasteiger partial charge is 0.489 e. The summed E-state index contributed by atoms with van der Waals surface area (Å²) in [6, 6.07) is 13.3. The molecule has 2 aromatic carbocycles. The fourth-order valence-corrected chi connectivity index (χ4v) is 2.94. The standard InChI is InChI=1S/C18H20FNO/c1-2-20-18-9-6-14-11-16(7-8-17(14)18)21-12-13-4-3-5-15(19)10-13/h3-5,7-8,10-11,18,20H,2,6,9,12H2,1H3. The van der Waals surface area contributed by atoms with Gasteiger partial charge in [-0.15, -0.1) is 0 Å². The maximum Gasteiger partial charge on any atom is 0.123 e. The van der Waals surface area contributed by atoms with Crippen molar-refractivity contribution >= 4 is 0 Å². The Bertz CT molecular complexity index is 626. The zero-order valence-electron chi connectivity index (χ0n) is 12.2. The molecule has 0 radical (unpaired) electrons. The quantitative estimate of drug-likeness (QED) is 0.896. The summed E-state index contributed by atoms with van der Waals surface area (Å²) in [5, 5.41) is 3.50. The van der Waals surface area contributed by atoms with E-state index >= 15 is 0 Å². The average Bonchev–Trinajstić information content (AvgIpc) is 2.88. The van der Waals surface area contributed by atoms with Crippen LogP contribution in [0.3, 0.4) is 0 Å². The van der Waals surface area contributed by atoms with Crippen LogP contribution in [0.2, 0.25) is 0 Å². The third-order valence-electron chi connectivity index (χ3n) is 3.94. The highest BCUT2D eigenvalue weighted by molar-refractivity contribution is 5.40. The van der Waals surface area contributed by atoms with Crippen LogP contribution in [-0.2, 0) is 13.0 Å². The molecule has 0 spiro atoms. The number of fused-ring (bicyclic) bond motifs is 1. The van der Waals surface area contributed by atoms with E-state index in [4.69, 9.17) is 4.74 Å². The summed E-state index contributed by atoms with van der Waals surface area (Å²) in [5.74, 6) is 0.633. The van der Waals surface area contributed by atoms with Gasteiger partial charge in [-0.3, -0.25) is 0 Å². The Morgan fingerprint density at radius 3 is 2.95 bits per heavy atom. The zero-order valence-corrected chi connectivity index (χ0v) is 12.2. The van der Waals surface area contributed by atoms with E-state index in [1.807, 2.05) is 12.1 Å². The van der Waals surface area contributed by atoms with Gasteiger partial charge in [-0.25, -0.2) is 4.39 Å². The van der Waals surface area contributed by atoms with Crippen LogP contribution in [0, 0.1) is 5.82 Å². The highest BCUT2D eigenvalue weighted by atomic mass is 19.1. The van der Waals surface area contributed by atoms with E-state index in [0.717, 1.165) is 30.7 Å². The van der Waals surface area contributed by atoms with Crippen molar-refractivity contribution in [3.05, 3.63) is 65.0 Å². The molecule has 0 aliphatic heterocycles. The SMILES string of the molecule is CCNC1CCc2cc(OCc3cccc(F)c3)ccc21. The molecule has 3 heteroatoms. The fraction of sp³-hybridized carbons (Fsp3) is 0.333. The second-order valence-electron chi connectivity index (χ2n) is 5.43. The van der Waals surface area contributed by atoms with E-state index < -0.39 is 0 Å². The first kappa shape index (κ1) is 14.1. The fourth-order valence-electron chi connectivity index (χ4n) is 2.94. The monoisotopic (exact) mass is 285 g/mol. The van der Waals surface area contributed by atoms with Gasteiger partial charge in [-0.2, -0.15) is 0 Å². The first-order chi connectivity index (χ1) is 10.3. The Kier molecular flexibility index (Phi) is 4.20. The van der Waals surface area contributed by atoms with Gasteiger partial charge in [0, 0.05) is 6.04 Å². The van der Waals surface area contributed by atoms with Gasteiger partial charge >= 0.3 is 0 Å². The molecule has 2 aromatic rings. The molecule has 21 heavy (non-hydrogen) atoms. The Labute approximate surface area is 125 Å². The lowest BCUT2D eigenvalue weighted by Gasteiger charge is -2.13. The molecule has 1 N–H and O–H groups in total. The molecule has 0 amide bonds. The molecular formula is C18H20FNO. The molecular weight excluding hydrogens is 265 g/mol. The van der Waals surface area contributed by atoms with Gasteiger partial charge in [0.25, 0.3) is 0 Å². The zero-order chi connectivity index (χ0) is 14.7.